The fourth-order valence-corrected chi connectivity index (χ4v) is 2.07. The Morgan fingerprint density at radius 1 is 1.19 bits per heavy atom. The number of ether oxygens (including phenoxy) is 1. The van der Waals surface area contributed by atoms with Gasteiger partial charge in [0.05, 0.1) is 11.1 Å². The van der Waals surface area contributed by atoms with Crippen LogP contribution in [0.3, 0.4) is 0 Å². The number of benzene rings is 1. The monoisotopic (exact) mass is 328 g/mol. The Balaban J connectivity index is 0. The molecule has 0 spiro atoms. The Morgan fingerprint density at radius 3 is 1.90 bits per heavy atom. The van der Waals surface area contributed by atoms with E-state index in [4.69, 9.17) is 19.5 Å². The number of carboxylic acid groups (broad SMARTS) is 2. The molecule has 1 rings (SSSR count). The first-order chi connectivity index (χ1) is 9.15. The first kappa shape index (κ1) is 19.9. The summed E-state index contributed by atoms with van der Waals surface area (Å²) in [4.78, 5) is 21.7. The summed E-state index contributed by atoms with van der Waals surface area (Å²) in [6, 6.07) is 2.86. The zero-order chi connectivity index (χ0) is 15.5. The molecule has 1 aromatic carbocycles. The normalized spacial score (nSPS) is 12.1. The Hall–Kier alpha value is -1.13. The zero-order valence-electron chi connectivity index (χ0n) is 12.3. The summed E-state index contributed by atoms with van der Waals surface area (Å²) in [6.07, 6.45) is -0.0987. The van der Waals surface area contributed by atoms with Crippen molar-refractivity contribution in [3.05, 3.63) is 29.3 Å². The maximum atomic E-state index is 11.0. The van der Waals surface area contributed by atoms with Crippen LogP contribution in [0.2, 0.25) is 0 Å². The molecule has 0 amide bonds. The molecule has 1 aromatic rings. The van der Waals surface area contributed by atoms with Crippen LogP contribution in [0.5, 0.6) is 5.75 Å². The SMILES string of the molecule is CCC(Oc1cc(C(=O)O)cc(C(=O)O)c1)S(=O)(=O)O.[H-].[Na+]. The maximum Gasteiger partial charge on any atom is 1.00 e. The molecule has 0 saturated heterocycles. The molecule has 0 bridgehead atoms. The molecule has 1 unspecified atom stereocenters. The van der Waals surface area contributed by atoms with E-state index in [-0.39, 0.29) is 54.3 Å². The van der Waals surface area contributed by atoms with Gasteiger partial charge in [-0.2, -0.15) is 8.42 Å². The van der Waals surface area contributed by atoms with Gasteiger partial charge in [0.2, 0.25) is 5.44 Å². The summed E-state index contributed by atoms with van der Waals surface area (Å²) in [5, 5.41) is 17.7. The van der Waals surface area contributed by atoms with Gasteiger partial charge >= 0.3 is 51.6 Å². The molecule has 0 aliphatic rings. The van der Waals surface area contributed by atoms with E-state index in [2.05, 4.69) is 0 Å². The Kier molecular flexibility index (Phi) is 7.34. The molecular formula is C11H13NaO8S. The Morgan fingerprint density at radius 2 is 1.62 bits per heavy atom. The van der Waals surface area contributed by atoms with Crippen molar-refractivity contribution in [1.82, 2.24) is 0 Å². The molecule has 0 fully saturated rings. The molecule has 1 atom stereocenters. The number of hydrogen-bond acceptors (Lipinski definition) is 5. The van der Waals surface area contributed by atoms with Gasteiger partial charge in [-0.3, -0.25) is 4.55 Å². The molecular weight excluding hydrogens is 315 g/mol. The van der Waals surface area contributed by atoms with Crippen molar-refractivity contribution in [3.8, 4) is 5.75 Å². The molecule has 21 heavy (non-hydrogen) atoms. The molecule has 0 aliphatic carbocycles. The van der Waals surface area contributed by atoms with E-state index in [9.17, 15) is 18.0 Å². The van der Waals surface area contributed by atoms with Crippen LogP contribution >= 0.6 is 0 Å². The fraction of sp³-hybridized carbons (Fsp3) is 0.273. The first-order valence-electron chi connectivity index (χ1n) is 5.39. The van der Waals surface area contributed by atoms with Crippen molar-refractivity contribution in [1.29, 1.82) is 0 Å². The zero-order valence-corrected chi connectivity index (χ0v) is 14.1. The summed E-state index contributed by atoms with van der Waals surface area (Å²) in [5.41, 5.74) is -2.34. The summed E-state index contributed by atoms with van der Waals surface area (Å²) in [6.45, 7) is 1.43. The van der Waals surface area contributed by atoms with Crippen molar-refractivity contribution in [2.45, 2.75) is 18.8 Å². The quantitative estimate of drug-likeness (QED) is 0.411. The van der Waals surface area contributed by atoms with Crippen LogP contribution in [0, 0.1) is 0 Å². The Labute approximate surface area is 144 Å². The predicted molar refractivity (Wildman–Crippen MR) is 67.7 cm³/mol. The van der Waals surface area contributed by atoms with E-state index < -0.39 is 27.5 Å². The van der Waals surface area contributed by atoms with E-state index in [1.165, 1.54) is 6.92 Å². The predicted octanol–water partition coefficient (Wildman–Crippen LogP) is -1.80. The van der Waals surface area contributed by atoms with Crippen molar-refractivity contribution in [3.63, 3.8) is 0 Å². The number of aromatic carboxylic acids is 2. The van der Waals surface area contributed by atoms with Crippen LogP contribution in [0.25, 0.3) is 0 Å². The average molecular weight is 328 g/mol. The van der Waals surface area contributed by atoms with Crippen LogP contribution < -0.4 is 34.3 Å². The van der Waals surface area contributed by atoms with Crippen molar-refractivity contribution >= 4 is 22.1 Å². The third-order valence-corrected chi connectivity index (χ3v) is 3.43. The number of carboxylic acids is 2. The summed E-state index contributed by atoms with van der Waals surface area (Å²) < 4.78 is 35.9. The largest absolute Gasteiger partial charge is 1.00 e. The van der Waals surface area contributed by atoms with Crippen LogP contribution in [0.1, 0.15) is 35.5 Å². The van der Waals surface area contributed by atoms with Gasteiger partial charge in [0.15, 0.2) is 0 Å². The molecule has 0 aliphatic heterocycles. The summed E-state index contributed by atoms with van der Waals surface area (Å²) in [5.74, 6) is -3.05. The molecule has 0 saturated carbocycles. The van der Waals surface area contributed by atoms with Crippen LogP contribution in [0.15, 0.2) is 18.2 Å². The van der Waals surface area contributed by atoms with Gasteiger partial charge in [0, 0.05) is 0 Å². The Bertz CT molecular complexity index is 613. The smallest absolute Gasteiger partial charge is 1.00 e. The van der Waals surface area contributed by atoms with Gasteiger partial charge in [-0.15, -0.1) is 0 Å². The third-order valence-electron chi connectivity index (χ3n) is 2.33. The number of rotatable bonds is 6. The van der Waals surface area contributed by atoms with E-state index in [0.29, 0.717) is 0 Å². The van der Waals surface area contributed by atoms with Crippen LogP contribution in [0.4, 0.5) is 0 Å². The number of carbonyl (C=O) groups is 2. The average Bonchev–Trinajstić information content (AvgIpc) is 2.33. The minimum Gasteiger partial charge on any atom is -1.00 e. The minimum absolute atomic E-state index is 0. The topological polar surface area (TPSA) is 138 Å². The van der Waals surface area contributed by atoms with Gasteiger partial charge in [0.25, 0.3) is 0 Å². The molecule has 0 radical (unpaired) electrons. The van der Waals surface area contributed by atoms with Gasteiger partial charge < -0.3 is 16.4 Å². The molecule has 3 N–H and O–H groups in total. The second kappa shape index (κ2) is 7.76. The van der Waals surface area contributed by atoms with Crippen molar-refractivity contribution < 1.29 is 68.5 Å². The second-order valence-corrected chi connectivity index (χ2v) is 5.38. The minimum atomic E-state index is -4.50. The van der Waals surface area contributed by atoms with Crippen LogP contribution in [-0.4, -0.2) is 40.6 Å². The maximum absolute atomic E-state index is 11.0. The molecule has 0 heterocycles. The molecule has 112 valence electrons. The van der Waals surface area contributed by atoms with Crippen molar-refractivity contribution in [2.24, 2.45) is 0 Å². The van der Waals surface area contributed by atoms with Gasteiger partial charge in [-0.05, 0) is 24.6 Å². The second-order valence-electron chi connectivity index (χ2n) is 3.83. The first-order valence-corrected chi connectivity index (χ1v) is 6.90. The van der Waals surface area contributed by atoms with E-state index in [1.54, 1.807) is 0 Å². The van der Waals surface area contributed by atoms with Gasteiger partial charge in [-0.25, -0.2) is 9.59 Å². The van der Waals surface area contributed by atoms with Crippen molar-refractivity contribution in [2.75, 3.05) is 0 Å². The number of hydrogen-bond donors (Lipinski definition) is 3. The molecule has 10 heteroatoms. The van der Waals surface area contributed by atoms with E-state index in [0.717, 1.165) is 18.2 Å². The fourth-order valence-electron chi connectivity index (χ4n) is 1.42. The van der Waals surface area contributed by atoms with Gasteiger partial charge in [-0.1, -0.05) is 6.92 Å². The summed E-state index contributed by atoms with van der Waals surface area (Å²) >= 11 is 0. The molecule has 0 aromatic heterocycles. The van der Waals surface area contributed by atoms with Crippen LogP contribution in [-0.2, 0) is 10.1 Å². The standard InChI is InChI=1S/C11H12O8S.Na.H/c1-2-9(20(16,17)18)19-8-4-6(10(12)13)3-7(5-8)11(14)15;;/h3-5,9H,2H2,1H3,(H,12,13)(H,14,15)(H,16,17,18);;/q;+1;-1. The van der Waals surface area contributed by atoms with E-state index in [1.807, 2.05) is 0 Å². The summed E-state index contributed by atoms with van der Waals surface area (Å²) in [7, 11) is -4.50. The van der Waals surface area contributed by atoms with E-state index >= 15 is 0 Å². The van der Waals surface area contributed by atoms with Gasteiger partial charge in [0.1, 0.15) is 5.75 Å². The molecule has 8 nitrogen and oxygen atoms in total. The third kappa shape index (κ3) is 5.64.